The third-order valence-corrected chi connectivity index (χ3v) is 4.33. The van der Waals surface area contributed by atoms with Gasteiger partial charge in [0.05, 0.1) is 5.60 Å². The predicted octanol–water partition coefficient (Wildman–Crippen LogP) is -1.65. The number of likely N-dealkylation sites (N-methyl/N-ethyl adjacent to an activating group) is 1. The molecular weight excluding hydrogens is 401 g/mol. The van der Waals surface area contributed by atoms with Crippen molar-refractivity contribution in [1.29, 1.82) is 0 Å². The van der Waals surface area contributed by atoms with Crippen molar-refractivity contribution in [2.24, 2.45) is 0 Å². The number of aliphatic hydroxyl groups is 1. The molecule has 2 aromatic rings. The summed E-state index contributed by atoms with van der Waals surface area (Å²) in [6, 6.07) is 12.6. The number of hydrogen-bond donors (Lipinski definition) is 1. The third kappa shape index (κ3) is 5.45. The van der Waals surface area contributed by atoms with E-state index in [-0.39, 0.29) is 46.5 Å². The van der Waals surface area contributed by atoms with Crippen molar-refractivity contribution in [1.82, 2.24) is 4.90 Å². The summed E-state index contributed by atoms with van der Waals surface area (Å²) in [5, 5.41) is 13.1. The van der Waals surface area contributed by atoms with Gasteiger partial charge < -0.3 is 34.8 Å². The van der Waals surface area contributed by atoms with E-state index in [0.29, 0.717) is 0 Å². The van der Waals surface area contributed by atoms with Crippen LogP contribution in [0.15, 0.2) is 54.1 Å². The van der Waals surface area contributed by atoms with Gasteiger partial charge in [-0.2, -0.15) is 0 Å². The minimum atomic E-state index is -0.874. The quantitative estimate of drug-likeness (QED) is 0.593. The van der Waals surface area contributed by atoms with Gasteiger partial charge in [0.2, 0.25) is 0 Å². The maximum atomic E-state index is 10.8. The Balaban J connectivity index is 0.00000208. The summed E-state index contributed by atoms with van der Waals surface area (Å²) in [5.41, 5.74) is 3.97. The normalized spacial score (nSPS) is 13.5. The molecule has 0 saturated carbocycles. The molecule has 1 N–H and O–H groups in total. The molecule has 26 heavy (non-hydrogen) atoms. The van der Waals surface area contributed by atoms with Crippen LogP contribution in [0, 0.1) is 0 Å². The molecule has 0 aromatic heterocycles. The summed E-state index contributed by atoms with van der Waals surface area (Å²) in [6.07, 6.45) is 5.50. The van der Waals surface area contributed by atoms with E-state index >= 15 is 0 Å². The fourth-order valence-electron chi connectivity index (χ4n) is 3.44. The summed E-state index contributed by atoms with van der Waals surface area (Å²) >= 11 is 0. The van der Waals surface area contributed by atoms with Gasteiger partial charge in [0.25, 0.3) is 0 Å². The second kappa shape index (κ2) is 10.1. The van der Waals surface area contributed by atoms with Crippen LogP contribution in [-0.4, -0.2) is 30.6 Å². The van der Waals surface area contributed by atoms with Crippen LogP contribution in [0.2, 0.25) is 0 Å². The molecule has 3 rings (SSSR count). The van der Waals surface area contributed by atoms with Crippen LogP contribution >= 0.6 is 0 Å². The zero-order valence-electron chi connectivity index (χ0n) is 15.7. The number of halogens is 2. The molecule has 2 nitrogen and oxygen atoms in total. The Labute approximate surface area is 184 Å². The summed E-state index contributed by atoms with van der Waals surface area (Å²) in [7, 11) is 4.18. The zero-order valence-corrected chi connectivity index (χ0v) is 18.8. The molecule has 0 fully saturated rings. The van der Waals surface area contributed by atoms with E-state index in [2.05, 4.69) is 55.4 Å². The first-order valence-electron chi connectivity index (χ1n) is 8.15. The van der Waals surface area contributed by atoms with Crippen LogP contribution in [0.4, 0.5) is 0 Å². The fourth-order valence-corrected chi connectivity index (χ4v) is 3.44. The molecule has 138 valence electrons. The van der Waals surface area contributed by atoms with Crippen molar-refractivity contribution in [2.45, 2.75) is 25.9 Å². The van der Waals surface area contributed by atoms with Crippen molar-refractivity contribution in [3.63, 3.8) is 0 Å². The van der Waals surface area contributed by atoms with Gasteiger partial charge in [0.1, 0.15) is 0 Å². The fraction of sp³-hybridized carbons (Fsp3) is 0.333. The van der Waals surface area contributed by atoms with Gasteiger partial charge in [-0.1, -0.05) is 48.6 Å². The van der Waals surface area contributed by atoms with E-state index in [1.54, 1.807) is 0 Å². The molecular formula is C21H25Cl2NOTi. The van der Waals surface area contributed by atoms with E-state index in [9.17, 15) is 5.11 Å². The van der Waals surface area contributed by atoms with Crippen LogP contribution in [0.25, 0.3) is 16.3 Å². The van der Waals surface area contributed by atoms with Gasteiger partial charge in [0, 0.05) is 6.54 Å². The molecule has 1 aliphatic carbocycles. The molecule has 0 heterocycles. The molecule has 0 atom stereocenters. The van der Waals surface area contributed by atoms with Crippen LogP contribution < -0.4 is 24.8 Å². The Morgan fingerprint density at radius 2 is 1.69 bits per heavy atom. The first kappa shape index (κ1) is 25.4. The predicted molar refractivity (Wildman–Crippen MR) is 98.4 cm³/mol. The second-order valence-electron chi connectivity index (χ2n) is 7.16. The average Bonchev–Trinajstić information content (AvgIpc) is 2.92. The van der Waals surface area contributed by atoms with Crippen molar-refractivity contribution in [3.8, 4) is 0 Å². The van der Waals surface area contributed by atoms with Crippen molar-refractivity contribution < 1.29 is 51.6 Å². The number of nitrogens with zero attached hydrogens (tertiary/aromatic N) is 1. The minimum absolute atomic E-state index is 0. The van der Waals surface area contributed by atoms with Gasteiger partial charge in [-0.25, -0.2) is 0 Å². The Hall–Kier alpha value is -0.606. The number of allylic oxidation sites excluding steroid dienone is 2. The first-order valence-corrected chi connectivity index (χ1v) is 8.15. The van der Waals surface area contributed by atoms with E-state index in [4.69, 9.17) is 0 Å². The van der Waals surface area contributed by atoms with Gasteiger partial charge in [-0.05, 0) is 67.4 Å². The smallest absolute Gasteiger partial charge is 1.00 e. The minimum Gasteiger partial charge on any atom is -1.00 e. The Morgan fingerprint density at radius 3 is 2.31 bits per heavy atom. The maximum absolute atomic E-state index is 10.8. The largest absolute Gasteiger partial charge is 2.00 e. The second-order valence-corrected chi connectivity index (χ2v) is 7.16. The Bertz CT molecular complexity index is 807. The SMILES string of the molecule is CN(C)CC1=CCC(c2ccc3ccccc3c2C(C)(C)O)=C1.[Cl-].[Cl-].[Ti+2]. The van der Waals surface area contributed by atoms with E-state index in [1.165, 1.54) is 22.1 Å². The van der Waals surface area contributed by atoms with Gasteiger partial charge in [-0.3, -0.25) is 0 Å². The molecule has 0 unspecified atom stereocenters. The van der Waals surface area contributed by atoms with Crippen LogP contribution in [0.1, 0.15) is 31.4 Å². The number of hydrogen-bond acceptors (Lipinski definition) is 2. The Morgan fingerprint density at radius 1 is 1.04 bits per heavy atom. The molecule has 0 saturated heterocycles. The number of rotatable bonds is 4. The van der Waals surface area contributed by atoms with Crippen molar-refractivity contribution in [2.75, 3.05) is 20.6 Å². The molecule has 0 aliphatic heterocycles. The standard InChI is InChI=1S/C21H25NO.2ClH.Ti/c1-21(2,23)20-18-8-6-5-7-16(18)11-12-19(20)17-10-9-15(13-17)14-22(3)4;;;/h5-9,11-13,23H,10,14H2,1-4H3;2*1H;/q;;;+2/p-2. The van der Waals surface area contributed by atoms with E-state index in [1.807, 2.05) is 26.0 Å². The molecule has 0 bridgehead atoms. The Kier molecular flexibility index (Phi) is 9.84. The number of benzene rings is 2. The molecule has 0 amide bonds. The first-order chi connectivity index (χ1) is 10.9. The average molecular weight is 426 g/mol. The van der Waals surface area contributed by atoms with E-state index in [0.717, 1.165) is 23.9 Å². The molecule has 5 heteroatoms. The summed E-state index contributed by atoms with van der Waals surface area (Å²) < 4.78 is 0. The molecule has 0 spiro atoms. The van der Waals surface area contributed by atoms with Crippen LogP contribution in [-0.2, 0) is 27.3 Å². The zero-order chi connectivity index (χ0) is 16.6. The van der Waals surface area contributed by atoms with Crippen molar-refractivity contribution in [3.05, 3.63) is 65.3 Å². The molecule has 0 radical (unpaired) electrons. The monoisotopic (exact) mass is 425 g/mol. The van der Waals surface area contributed by atoms with E-state index < -0.39 is 5.60 Å². The summed E-state index contributed by atoms with van der Waals surface area (Å²) in [5.74, 6) is 0. The van der Waals surface area contributed by atoms with Gasteiger partial charge in [-0.15, -0.1) is 0 Å². The van der Waals surface area contributed by atoms with Crippen LogP contribution in [0.5, 0.6) is 0 Å². The van der Waals surface area contributed by atoms with Gasteiger partial charge >= 0.3 is 21.7 Å². The number of fused-ring (bicyclic) bond motifs is 1. The maximum Gasteiger partial charge on any atom is 2.00 e. The summed E-state index contributed by atoms with van der Waals surface area (Å²) in [6.45, 7) is 4.71. The summed E-state index contributed by atoms with van der Waals surface area (Å²) in [4.78, 5) is 2.18. The molecule has 2 aromatic carbocycles. The van der Waals surface area contributed by atoms with Crippen LogP contribution in [0.3, 0.4) is 0 Å². The topological polar surface area (TPSA) is 23.5 Å². The third-order valence-electron chi connectivity index (χ3n) is 4.33. The van der Waals surface area contributed by atoms with Gasteiger partial charge in [0.15, 0.2) is 0 Å². The molecule has 1 aliphatic rings. The van der Waals surface area contributed by atoms with Crippen molar-refractivity contribution >= 4 is 16.3 Å².